The summed E-state index contributed by atoms with van der Waals surface area (Å²) < 4.78 is 53.7. The highest BCUT2D eigenvalue weighted by atomic mass is 19.4. The normalized spacial score (nSPS) is 15.7. The summed E-state index contributed by atoms with van der Waals surface area (Å²) in [6.07, 6.45) is -4.63. The van der Waals surface area contributed by atoms with Gasteiger partial charge in [-0.05, 0) is 36.4 Å². The predicted octanol–water partition coefficient (Wildman–Crippen LogP) is 3.93. The van der Waals surface area contributed by atoms with E-state index in [1.807, 2.05) is 0 Å². The van der Waals surface area contributed by atoms with Crippen LogP contribution in [-0.2, 0) is 6.18 Å². The number of hydrogen-bond acceptors (Lipinski definition) is 6. The van der Waals surface area contributed by atoms with Crippen LogP contribution in [0.4, 0.5) is 40.6 Å². The number of amides is 2. The van der Waals surface area contributed by atoms with Crippen LogP contribution in [0.3, 0.4) is 0 Å². The van der Waals surface area contributed by atoms with Crippen molar-refractivity contribution in [3.05, 3.63) is 71.0 Å². The van der Waals surface area contributed by atoms with Gasteiger partial charge in [-0.25, -0.2) is 4.39 Å². The van der Waals surface area contributed by atoms with E-state index in [1.165, 1.54) is 41.3 Å². The van der Waals surface area contributed by atoms with Gasteiger partial charge in [0, 0.05) is 33.2 Å². The molecule has 1 saturated heterocycles. The number of benzene rings is 2. The van der Waals surface area contributed by atoms with E-state index in [9.17, 15) is 27.2 Å². The Morgan fingerprint density at radius 1 is 1.00 bits per heavy atom. The summed E-state index contributed by atoms with van der Waals surface area (Å²) in [5.74, 6) is -0.988. The maximum Gasteiger partial charge on any atom is 0.417 e. The van der Waals surface area contributed by atoms with Crippen LogP contribution in [0.2, 0.25) is 0 Å². The largest absolute Gasteiger partial charge is 0.417 e. The molecule has 2 aromatic carbocycles. The minimum Gasteiger partial charge on any atom is -0.352 e. The molecule has 0 atom stereocenters. The van der Waals surface area contributed by atoms with Crippen molar-refractivity contribution in [3.8, 4) is 0 Å². The molecule has 36 heavy (non-hydrogen) atoms. The van der Waals surface area contributed by atoms with Crippen LogP contribution in [0, 0.1) is 5.82 Å². The van der Waals surface area contributed by atoms with E-state index in [0.717, 1.165) is 6.07 Å². The second kappa shape index (κ2) is 8.77. The zero-order valence-corrected chi connectivity index (χ0v) is 19.0. The molecular weight excluding hydrogens is 480 g/mol. The Balaban J connectivity index is 1.34. The van der Waals surface area contributed by atoms with Gasteiger partial charge in [0.1, 0.15) is 5.82 Å². The van der Waals surface area contributed by atoms with E-state index in [4.69, 9.17) is 0 Å². The molecular formula is C24H20F4N6O2. The number of anilines is 4. The van der Waals surface area contributed by atoms with Gasteiger partial charge < -0.3 is 20.0 Å². The monoisotopic (exact) mass is 500 g/mol. The van der Waals surface area contributed by atoms with Crippen LogP contribution in [0.15, 0.2) is 48.5 Å². The molecule has 0 saturated carbocycles. The van der Waals surface area contributed by atoms with Crippen LogP contribution in [0.5, 0.6) is 0 Å². The lowest BCUT2D eigenvalue weighted by atomic mass is 10.1. The summed E-state index contributed by atoms with van der Waals surface area (Å²) in [7, 11) is 1.69. The lowest BCUT2D eigenvalue weighted by Gasteiger charge is -2.35. The fraction of sp³-hybridized carbons (Fsp3) is 0.250. The summed E-state index contributed by atoms with van der Waals surface area (Å²) in [4.78, 5) is 30.5. The third-order valence-corrected chi connectivity index (χ3v) is 6.25. The topological polar surface area (TPSA) is 81.7 Å². The lowest BCUT2D eigenvalue weighted by molar-refractivity contribution is -0.138. The molecule has 1 fully saturated rings. The first kappa shape index (κ1) is 23.5. The molecule has 3 heterocycles. The van der Waals surface area contributed by atoms with Crippen LogP contribution in [-0.4, -0.2) is 60.1 Å². The Labute approximate surface area is 203 Å². The second-order valence-corrected chi connectivity index (χ2v) is 8.44. The highest BCUT2D eigenvalue weighted by Crippen LogP contribution is 2.37. The standard InChI is InChI=1S/C24H20F4N6O2/c1-32-19-7-6-14(25)12-18(19)29-22(35)16-13-20(30-31-21(16)32)33-8-10-34(11-9-33)23(36)15-4-2-3-5-17(15)24(26,27)28/h2-7,12-13H,8-11H2,1H3,(H,29,35). The Morgan fingerprint density at radius 3 is 2.44 bits per heavy atom. The van der Waals surface area contributed by atoms with E-state index >= 15 is 0 Å². The number of halogens is 4. The first-order chi connectivity index (χ1) is 17.1. The Bertz CT molecular complexity index is 1350. The molecule has 0 bridgehead atoms. The molecule has 2 amide bonds. The highest BCUT2D eigenvalue weighted by Gasteiger charge is 2.36. The third kappa shape index (κ3) is 4.18. The summed E-state index contributed by atoms with van der Waals surface area (Å²) in [5.41, 5.74) is -0.272. The maximum absolute atomic E-state index is 13.7. The average Bonchev–Trinajstić information content (AvgIpc) is 2.96. The van der Waals surface area contributed by atoms with Crippen molar-refractivity contribution in [2.24, 2.45) is 0 Å². The van der Waals surface area contributed by atoms with Gasteiger partial charge in [0.2, 0.25) is 0 Å². The van der Waals surface area contributed by atoms with E-state index in [2.05, 4.69) is 15.5 Å². The van der Waals surface area contributed by atoms with Crippen molar-refractivity contribution < 1.29 is 27.2 Å². The summed E-state index contributed by atoms with van der Waals surface area (Å²) in [6, 6.07) is 10.3. The Hall–Kier alpha value is -4.22. The van der Waals surface area contributed by atoms with Crippen LogP contribution in [0.1, 0.15) is 26.3 Å². The summed E-state index contributed by atoms with van der Waals surface area (Å²) in [5, 5.41) is 11.1. The second-order valence-electron chi connectivity index (χ2n) is 8.44. The fourth-order valence-electron chi connectivity index (χ4n) is 4.37. The molecule has 3 aromatic rings. The average molecular weight is 500 g/mol. The molecule has 12 heteroatoms. The van der Waals surface area contributed by atoms with E-state index in [-0.39, 0.29) is 37.3 Å². The van der Waals surface area contributed by atoms with Crippen molar-refractivity contribution in [2.45, 2.75) is 6.18 Å². The van der Waals surface area contributed by atoms with Crippen molar-refractivity contribution >= 4 is 34.8 Å². The lowest BCUT2D eigenvalue weighted by Crippen LogP contribution is -2.49. The molecule has 1 N–H and O–H groups in total. The van der Waals surface area contributed by atoms with Gasteiger partial charge in [0.05, 0.1) is 28.1 Å². The van der Waals surface area contributed by atoms with E-state index in [1.54, 1.807) is 22.9 Å². The van der Waals surface area contributed by atoms with Gasteiger partial charge in [-0.3, -0.25) is 9.59 Å². The molecule has 0 unspecified atom stereocenters. The molecule has 186 valence electrons. The molecule has 2 aliphatic heterocycles. The number of fused-ring (bicyclic) bond motifs is 2. The zero-order valence-electron chi connectivity index (χ0n) is 19.0. The minimum absolute atomic E-state index is 0.167. The van der Waals surface area contributed by atoms with E-state index < -0.39 is 29.4 Å². The third-order valence-electron chi connectivity index (χ3n) is 6.25. The molecule has 8 nitrogen and oxygen atoms in total. The minimum atomic E-state index is -4.63. The van der Waals surface area contributed by atoms with Gasteiger partial charge in [-0.1, -0.05) is 12.1 Å². The molecule has 2 aliphatic rings. The van der Waals surface area contributed by atoms with Crippen molar-refractivity contribution in [1.29, 1.82) is 0 Å². The fourth-order valence-corrected chi connectivity index (χ4v) is 4.37. The molecule has 0 spiro atoms. The van der Waals surface area contributed by atoms with Gasteiger partial charge in [-0.2, -0.15) is 13.2 Å². The quantitative estimate of drug-likeness (QED) is 0.537. The number of piperazine rings is 1. The molecule has 0 radical (unpaired) electrons. The number of carbonyl (C=O) groups is 2. The number of rotatable bonds is 2. The molecule has 5 rings (SSSR count). The van der Waals surface area contributed by atoms with Gasteiger partial charge >= 0.3 is 6.18 Å². The van der Waals surface area contributed by atoms with Crippen molar-refractivity contribution in [3.63, 3.8) is 0 Å². The highest BCUT2D eigenvalue weighted by molar-refractivity contribution is 6.12. The number of aromatic nitrogens is 2. The summed E-state index contributed by atoms with van der Waals surface area (Å²) in [6.45, 7) is 0.911. The van der Waals surface area contributed by atoms with Crippen molar-refractivity contribution in [1.82, 2.24) is 15.1 Å². The zero-order chi connectivity index (χ0) is 25.6. The SMILES string of the molecule is CN1c2ccc(F)cc2NC(=O)c2cc(N3CCN(C(=O)c4ccccc4C(F)(F)F)CC3)nnc21. The maximum atomic E-state index is 13.7. The molecule has 1 aromatic heterocycles. The van der Waals surface area contributed by atoms with E-state index in [0.29, 0.717) is 23.0 Å². The first-order valence-corrected chi connectivity index (χ1v) is 11.1. The number of alkyl halides is 3. The van der Waals surface area contributed by atoms with Crippen LogP contribution < -0.4 is 15.1 Å². The smallest absolute Gasteiger partial charge is 0.352 e. The number of nitrogens with zero attached hydrogens (tertiary/aromatic N) is 5. The summed E-state index contributed by atoms with van der Waals surface area (Å²) >= 11 is 0. The van der Waals surface area contributed by atoms with Gasteiger partial charge in [-0.15, -0.1) is 10.2 Å². The Morgan fingerprint density at radius 2 is 1.72 bits per heavy atom. The van der Waals surface area contributed by atoms with Gasteiger partial charge in [0.25, 0.3) is 11.8 Å². The number of nitrogens with one attached hydrogen (secondary N) is 1. The number of hydrogen-bond donors (Lipinski definition) is 1. The number of carbonyl (C=O) groups excluding carboxylic acids is 2. The van der Waals surface area contributed by atoms with Gasteiger partial charge in [0.15, 0.2) is 11.6 Å². The Kier molecular flexibility index (Phi) is 5.73. The van der Waals surface area contributed by atoms with Crippen LogP contribution >= 0.6 is 0 Å². The van der Waals surface area contributed by atoms with Crippen LogP contribution in [0.25, 0.3) is 0 Å². The molecule has 0 aliphatic carbocycles. The van der Waals surface area contributed by atoms with Crippen molar-refractivity contribution in [2.75, 3.05) is 48.3 Å². The predicted molar refractivity (Wildman–Crippen MR) is 124 cm³/mol. The first-order valence-electron chi connectivity index (χ1n) is 11.1.